The number of imidazole rings is 1. The van der Waals surface area contributed by atoms with Crippen molar-refractivity contribution in [2.24, 2.45) is 0 Å². The number of nitrogens with one attached hydrogen (secondary N) is 2. The Hall–Kier alpha value is -3.59. The average molecular weight is 424 g/mol. The summed E-state index contributed by atoms with van der Waals surface area (Å²) in [6, 6.07) is 11.3. The molecule has 4 rings (SSSR count). The molecule has 2 aromatic carbocycles. The third-order valence-electron chi connectivity index (χ3n) is 4.45. The molecule has 2 heterocycles. The number of H-pyrrole nitrogens is 1. The van der Waals surface area contributed by atoms with E-state index >= 15 is 0 Å². The number of benzene rings is 2. The minimum Gasteiger partial charge on any atom is -0.493 e. The molecule has 0 radical (unpaired) electrons. The lowest BCUT2D eigenvalue weighted by Crippen LogP contribution is -2.15. The average Bonchev–Trinajstić information content (AvgIpc) is 3.38. The number of methoxy groups -OCH3 is 3. The van der Waals surface area contributed by atoms with Crippen LogP contribution in [0.25, 0.3) is 21.6 Å². The highest BCUT2D eigenvalue weighted by atomic mass is 32.1. The van der Waals surface area contributed by atoms with Crippen LogP contribution >= 0.6 is 11.3 Å². The number of hydrogen-bond acceptors (Lipinski definition) is 7. The fraction of sp³-hybridized carbons (Fsp3) is 0.190. The molecule has 0 aliphatic rings. The molecular formula is C21H20N4O4S. The number of thiazole rings is 1. The zero-order chi connectivity index (χ0) is 21.1. The Kier molecular flexibility index (Phi) is 5.53. The highest BCUT2D eigenvalue weighted by molar-refractivity contribution is 7.13. The third kappa shape index (κ3) is 3.92. The van der Waals surface area contributed by atoms with E-state index in [1.807, 2.05) is 41.8 Å². The van der Waals surface area contributed by atoms with Crippen LogP contribution in [0, 0.1) is 0 Å². The number of nitrogens with zero attached hydrogens (tertiary/aromatic N) is 2. The van der Waals surface area contributed by atoms with Crippen LogP contribution in [0.1, 0.15) is 5.69 Å². The summed E-state index contributed by atoms with van der Waals surface area (Å²) in [4.78, 5) is 24.4. The van der Waals surface area contributed by atoms with Gasteiger partial charge in [-0.25, -0.2) is 9.97 Å². The predicted octanol–water partition coefficient (Wildman–Crippen LogP) is 3.89. The van der Waals surface area contributed by atoms with E-state index in [-0.39, 0.29) is 12.3 Å². The molecule has 0 unspecified atom stereocenters. The highest BCUT2D eigenvalue weighted by Crippen LogP contribution is 2.41. The molecule has 0 bridgehead atoms. The number of amides is 1. The Labute approximate surface area is 176 Å². The summed E-state index contributed by atoms with van der Waals surface area (Å²) < 4.78 is 16.2. The number of ether oxygens (including phenoxy) is 3. The molecule has 0 aliphatic heterocycles. The minimum atomic E-state index is -0.198. The van der Waals surface area contributed by atoms with Crippen LogP contribution in [0.4, 0.5) is 5.95 Å². The summed E-state index contributed by atoms with van der Waals surface area (Å²) >= 11 is 1.44. The SMILES string of the molecule is COc1cc(-c2nc(CC(=O)Nc3nc4ccccc4[nH]3)cs2)cc(OC)c1OC. The van der Waals surface area contributed by atoms with Crippen LogP contribution in [-0.4, -0.2) is 42.2 Å². The molecule has 154 valence electrons. The lowest BCUT2D eigenvalue weighted by atomic mass is 10.2. The second-order valence-electron chi connectivity index (χ2n) is 6.39. The van der Waals surface area contributed by atoms with E-state index in [9.17, 15) is 4.79 Å². The normalized spacial score (nSPS) is 10.8. The quantitative estimate of drug-likeness (QED) is 0.467. The molecule has 0 aliphatic carbocycles. The summed E-state index contributed by atoms with van der Waals surface area (Å²) in [6.07, 6.45) is 0.137. The van der Waals surface area contributed by atoms with Crippen molar-refractivity contribution in [3.8, 4) is 27.8 Å². The molecule has 2 N–H and O–H groups in total. The van der Waals surface area contributed by atoms with E-state index in [2.05, 4.69) is 20.3 Å². The number of para-hydroxylation sites is 2. The monoisotopic (exact) mass is 424 g/mol. The molecule has 0 saturated carbocycles. The van der Waals surface area contributed by atoms with Gasteiger partial charge >= 0.3 is 0 Å². The van der Waals surface area contributed by atoms with Gasteiger partial charge in [-0.15, -0.1) is 11.3 Å². The van der Waals surface area contributed by atoms with Crippen LogP contribution in [0.15, 0.2) is 41.8 Å². The van der Waals surface area contributed by atoms with E-state index in [1.54, 1.807) is 21.3 Å². The zero-order valence-electron chi connectivity index (χ0n) is 16.7. The maximum atomic E-state index is 12.4. The van der Waals surface area contributed by atoms with E-state index in [0.29, 0.717) is 28.9 Å². The molecular weight excluding hydrogens is 404 g/mol. The van der Waals surface area contributed by atoms with Gasteiger partial charge in [-0.3, -0.25) is 10.1 Å². The van der Waals surface area contributed by atoms with Crippen molar-refractivity contribution in [1.82, 2.24) is 15.0 Å². The summed E-state index contributed by atoms with van der Waals surface area (Å²) in [5.74, 6) is 1.83. The van der Waals surface area contributed by atoms with Crippen LogP contribution in [0.5, 0.6) is 17.2 Å². The molecule has 30 heavy (non-hydrogen) atoms. The molecule has 9 heteroatoms. The van der Waals surface area contributed by atoms with Gasteiger partial charge in [-0.1, -0.05) is 12.1 Å². The first-order valence-electron chi connectivity index (χ1n) is 9.10. The molecule has 0 atom stereocenters. The first kappa shape index (κ1) is 19.7. The molecule has 8 nitrogen and oxygen atoms in total. The summed E-state index contributed by atoms with van der Waals surface area (Å²) in [5.41, 5.74) is 3.15. The maximum absolute atomic E-state index is 12.4. The highest BCUT2D eigenvalue weighted by Gasteiger charge is 2.17. The fourth-order valence-electron chi connectivity index (χ4n) is 3.08. The Morgan fingerprint density at radius 3 is 2.47 bits per heavy atom. The van der Waals surface area contributed by atoms with Crippen molar-refractivity contribution in [2.75, 3.05) is 26.6 Å². The Morgan fingerprint density at radius 1 is 1.07 bits per heavy atom. The van der Waals surface area contributed by atoms with Gasteiger partial charge in [0.25, 0.3) is 0 Å². The predicted molar refractivity (Wildman–Crippen MR) is 116 cm³/mol. The van der Waals surface area contributed by atoms with Crippen LogP contribution < -0.4 is 19.5 Å². The van der Waals surface area contributed by atoms with E-state index in [1.165, 1.54) is 11.3 Å². The minimum absolute atomic E-state index is 0.137. The van der Waals surface area contributed by atoms with Gasteiger partial charge in [0, 0.05) is 10.9 Å². The number of rotatable bonds is 7. The van der Waals surface area contributed by atoms with Crippen molar-refractivity contribution in [2.45, 2.75) is 6.42 Å². The topological polar surface area (TPSA) is 98.4 Å². The molecule has 0 saturated heterocycles. The van der Waals surface area contributed by atoms with Gasteiger partial charge in [0.05, 0.1) is 44.5 Å². The van der Waals surface area contributed by atoms with Crippen molar-refractivity contribution in [3.05, 3.63) is 47.5 Å². The molecule has 2 aromatic heterocycles. The second-order valence-corrected chi connectivity index (χ2v) is 7.24. The number of fused-ring (bicyclic) bond motifs is 1. The van der Waals surface area contributed by atoms with Crippen molar-refractivity contribution >= 4 is 34.2 Å². The fourth-order valence-corrected chi connectivity index (χ4v) is 3.89. The van der Waals surface area contributed by atoms with Crippen molar-refractivity contribution < 1.29 is 19.0 Å². The Bertz CT molecular complexity index is 1140. The first-order chi connectivity index (χ1) is 14.6. The standard InChI is InChI=1S/C21H20N4O4S/c1-27-16-8-12(9-17(28-2)19(16)29-3)20-22-13(11-30-20)10-18(26)25-21-23-14-6-4-5-7-15(14)24-21/h4-9,11H,10H2,1-3H3,(H2,23,24,25,26). The van der Waals surface area contributed by atoms with Crippen LogP contribution in [-0.2, 0) is 11.2 Å². The summed E-state index contributed by atoms with van der Waals surface area (Å²) in [6.45, 7) is 0. The van der Waals surface area contributed by atoms with Gasteiger partial charge in [0.2, 0.25) is 17.6 Å². The number of anilines is 1. The number of carbonyl (C=O) groups excluding carboxylic acids is 1. The smallest absolute Gasteiger partial charge is 0.232 e. The molecule has 1 amide bonds. The van der Waals surface area contributed by atoms with E-state index < -0.39 is 0 Å². The molecule has 0 spiro atoms. The number of aromatic amines is 1. The number of aromatic nitrogens is 3. The molecule has 4 aromatic rings. The first-order valence-corrected chi connectivity index (χ1v) is 9.98. The Morgan fingerprint density at radius 2 is 1.80 bits per heavy atom. The van der Waals surface area contributed by atoms with Crippen molar-refractivity contribution in [1.29, 1.82) is 0 Å². The maximum Gasteiger partial charge on any atom is 0.232 e. The zero-order valence-corrected chi connectivity index (χ0v) is 17.5. The summed E-state index contributed by atoms with van der Waals surface area (Å²) in [7, 11) is 4.69. The van der Waals surface area contributed by atoms with Gasteiger partial charge in [-0.05, 0) is 24.3 Å². The van der Waals surface area contributed by atoms with Crippen molar-refractivity contribution in [3.63, 3.8) is 0 Å². The second kappa shape index (κ2) is 8.42. The van der Waals surface area contributed by atoms with Gasteiger partial charge in [-0.2, -0.15) is 0 Å². The number of hydrogen-bond donors (Lipinski definition) is 2. The number of carbonyl (C=O) groups is 1. The largest absolute Gasteiger partial charge is 0.493 e. The lowest BCUT2D eigenvalue weighted by molar-refractivity contribution is -0.115. The van der Waals surface area contributed by atoms with Gasteiger partial charge in [0.1, 0.15) is 5.01 Å². The molecule has 0 fully saturated rings. The van der Waals surface area contributed by atoms with Gasteiger partial charge in [0.15, 0.2) is 11.5 Å². The van der Waals surface area contributed by atoms with Crippen LogP contribution in [0.2, 0.25) is 0 Å². The van der Waals surface area contributed by atoms with E-state index in [4.69, 9.17) is 14.2 Å². The lowest BCUT2D eigenvalue weighted by Gasteiger charge is -2.13. The van der Waals surface area contributed by atoms with Crippen LogP contribution in [0.3, 0.4) is 0 Å². The Balaban J connectivity index is 1.50. The third-order valence-corrected chi connectivity index (χ3v) is 5.39. The van der Waals surface area contributed by atoms with Gasteiger partial charge < -0.3 is 19.2 Å². The summed E-state index contributed by atoms with van der Waals surface area (Å²) in [5, 5.41) is 5.39. The van der Waals surface area contributed by atoms with E-state index in [0.717, 1.165) is 21.6 Å².